The summed E-state index contributed by atoms with van der Waals surface area (Å²) < 4.78 is 32.6. The summed E-state index contributed by atoms with van der Waals surface area (Å²) >= 11 is 0. The average Bonchev–Trinajstić information content (AvgIpc) is 2.63. The highest BCUT2D eigenvalue weighted by atomic mass is 32.2. The van der Waals surface area contributed by atoms with Crippen molar-refractivity contribution in [3.8, 4) is 0 Å². The van der Waals surface area contributed by atoms with E-state index in [-0.39, 0.29) is 10.8 Å². The van der Waals surface area contributed by atoms with Gasteiger partial charge in [-0.05, 0) is 56.2 Å². The van der Waals surface area contributed by atoms with Crippen molar-refractivity contribution < 1.29 is 17.9 Å². The smallest absolute Gasteiger partial charge is 0.261 e. The molecule has 1 amide bonds. The van der Waals surface area contributed by atoms with Gasteiger partial charge in [-0.25, -0.2) is 8.42 Å². The number of anilines is 1. The minimum atomic E-state index is -3.66. The molecule has 6 nitrogen and oxygen atoms in total. The number of carbonyl (C=O) groups excluding carboxylic acids is 1. The second kappa shape index (κ2) is 9.35. The number of rotatable bonds is 9. The first-order chi connectivity index (χ1) is 12.4. The molecular formula is C19H24N2O4S. The molecule has 0 bridgehead atoms. The van der Waals surface area contributed by atoms with E-state index in [1.165, 1.54) is 12.1 Å². The van der Waals surface area contributed by atoms with Crippen molar-refractivity contribution in [2.24, 2.45) is 0 Å². The van der Waals surface area contributed by atoms with Gasteiger partial charge in [-0.15, -0.1) is 0 Å². The van der Waals surface area contributed by atoms with E-state index in [4.69, 9.17) is 4.74 Å². The zero-order valence-electron chi connectivity index (χ0n) is 15.0. The lowest BCUT2D eigenvalue weighted by atomic mass is 10.1. The molecule has 2 aromatic carbocycles. The van der Waals surface area contributed by atoms with Gasteiger partial charge in [0.15, 0.2) is 0 Å². The predicted octanol–water partition coefficient (Wildman–Crippen LogP) is 2.95. The standard InChI is InChI=1S/C19H24N2O4S/c1-3-25-13-7-12-20-19(22)16-10-11-18(15(2)14-16)21-26(23,24)17-8-5-4-6-9-17/h4-6,8-11,14,21H,3,7,12-13H2,1-2H3,(H,20,22). The van der Waals surface area contributed by atoms with Crippen molar-refractivity contribution in [3.63, 3.8) is 0 Å². The van der Waals surface area contributed by atoms with Crippen LogP contribution in [0.25, 0.3) is 0 Å². The van der Waals surface area contributed by atoms with E-state index in [9.17, 15) is 13.2 Å². The van der Waals surface area contributed by atoms with Crippen LogP contribution in [0.2, 0.25) is 0 Å². The molecule has 0 radical (unpaired) electrons. The van der Waals surface area contributed by atoms with Crippen molar-refractivity contribution in [2.75, 3.05) is 24.5 Å². The van der Waals surface area contributed by atoms with E-state index in [0.29, 0.717) is 36.6 Å². The van der Waals surface area contributed by atoms with Crippen molar-refractivity contribution in [1.29, 1.82) is 0 Å². The van der Waals surface area contributed by atoms with Crippen LogP contribution in [0.1, 0.15) is 29.3 Å². The lowest BCUT2D eigenvalue weighted by Crippen LogP contribution is -2.25. The molecule has 0 aromatic heterocycles. The lowest BCUT2D eigenvalue weighted by Gasteiger charge is -2.12. The number of sulfonamides is 1. The topological polar surface area (TPSA) is 84.5 Å². The molecule has 0 aliphatic heterocycles. The Kier molecular flexibility index (Phi) is 7.17. The van der Waals surface area contributed by atoms with Gasteiger partial charge in [-0.2, -0.15) is 0 Å². The first-order valence-electron chi connectivity index (χ1n) is 8.48. The quantitative estimate of drug-likeness (QED) is 0.659. The molecule has 0 aliphatic carbocycles. The monoisotopic (exact) mass is 376 g/mol. The van der Waals surface area contributed by atoms with Gasteiger partial charge in [0.1, 0.15) is 0 Å². The molecule has 2 N–H and O–H groups in total. The Morgan fingerprint density at radius 2 is 1.85 bits per heavy atom. The zero-order valence-corrected chi connectivity index (χ0v) is 15.8. The number of hydrogen-bond acceptors (Lipinski definition) is 4. The summed E-state index contributed by atoms with van der Waals surface area (Å²) in [5, 5.41) is 2.82. The fourth-order valence-corrected chi connectivity index (χ4v) is 3.50. The summed E-state index contributed by atoms with van der Waals surface area (Å²) in [7, 11) is -3.66. The van der Waals surface area contributed by atoms with Crippen LogP contribution in [0.5, 0.6) is 0 Å². The van der Waals surface area contributed by atoms with Crippen LogP contribution >= 0.6 is 0 Å². The third-order valence-electron chi connectivity index (χ3n) is 3.74. The molecule has 0 fully saturated rings. The third-order valence-corrected chi connectivity index (χ3v) is 5.12. The first-order valence-corrected chi connectivity index (χ1v) is 9.97. The van der Waals surface area contributed by atoms with E-state index in [2.05, 4.69) is 10.0 Å². The van der Waals surface area contributed by atoms with E-state index >= 15 is 0 Å². The van der Waals surface area contributed by atoms with Crippen LogP contribution in [0.3, 0.4) is 0 Å². The van der Waals surface area contributed by atoms with Crippen LogP contribution in [0.15, 0.2) is 53.4 Å². The maximum Gasteiger partial charge on any atom is 0.261 e. The minimum Gasteiger partial charge on any atom is -0.382 e. The van der Waals surface area contributed by atoms with Crippen molar-refractivity contribution >= 4 is 21.6 Å². The van der Waals surface area contributed by atoms with Crippen LogP contribution in [0, 0.1) is 6.92 Å². The molecule has 2 aromatic rings. The highest BCUT2D eigenvalue weighted by molar-refractivity contribution is 7.92. The summed E-state index contributed by atoms with van der Waals surface area (Å²) in [4.78, 5) is 12.3. The Morgan fingerprint density at radius 3 is 2.50 bits per heavy atom. The molecule has 2 rings (SSSR count). The second-order valence-electron chi connectivity index (χ2n) is 5.75. The van der Waals surface area contributed by atoms with Crippen LogP contribution in [-0.2, 0) is 14.8 Å². The normalized spacial score (nSPS) is 11.2. The van der Waals surface area contributed by atoms with Crippen LogP contribution in [-0.4, -0.2) is 34.1 Å². The Hall–Kier alpha value is -2.38. The zero-order chi connectivity index (χ0) is 19.0. The average molecular weight is 376 g/mol. The number of aryl methyl sites for hydroxylation is 1. The molecule has 0 spiro atoms. The van der Waals surface area contributed by atoms with Gasteiger partial charge in [0, 0.05) is 25.3 Å². The summed E-state index contributed by atoms with van der Waals surface area (Å²) in [6.07, 6.45) is 0.744. The summed E-state index contributed by atoms with van der Waals surface area (Å²) in [5.41, 5.74) is 1.61. The van der Waals surface area contributed by atoms with Gasteiger partial charge in [0.05, 0.1) is 10.6 Å². The predicted molar refractivity (Wildman–Crippen MR) is 102 cm³/mol. The third kappa shape index (κ3) is 5.57. The molecule has 7 heteroatoms. The van der Waals surface area contributed by atoms with Gasteiger partial charge >= 0.3 is 0 Å². The molecular weight excluding hydrogens is 352 g/mol. The Balaban J connectivity index is 2.02. The van der Waals surface area contributed by atoms with E-state index < -0.39 is 10.0 Å². The number of nitrogens with one attached hydrogen (secondary N) is 2. The molecule has 0 saturated heterocycles. The molecule has 0 unspecified atom stereocenters. The first kappa shape index (κ1) is 19.9. The maximum absolute atomic E-state index is 12.4. The Bertz CT molecular complexity index is 836. The summed E-state index contributed by atoms with van der Waals surface area (Å²) in [6.45, 7) is 5.48. The van der Waals surface area contributed by atoms with Gasteiger partial charge < -0.3 is 10.1 Å². The molecule has 0 atom stereocenters. The maximum atomic E-state index is 12.4. The fourth-order valence-electron chi connectivity index (χ4n) is 2.35. The summed E-state index contributed by atoms with van der Waals surface area (Å²) in [6, 6.07) is 13.0. The van der Waals surface area contributed by atoms with Crippen LogP contribution in [0.4, 0.5) is 5.69 Å². The number of carbonyl (C=O) groups is 1. The number of benzene rings is 2. The molecule has 140 valence electrons. The molecule has 0 saturated carbocycles. The Labute approximate surface area is 154 Å². The largest absolute Gasteiger partial charge is 0.382 e. The highest BCUT2D eigenvalue weighted by Gasteiger charge is 2.15. The fraction of sp³-hybridized carbons (Fsp3) is 0.316. The molecule has 26 heavy (non-hydrogen) atoms. The lowest BCUT2D eigenvalue weighted by molar-refractivity contribution is 0.0944. The van der Waals surface area contributed by atoms with Gasteiger partial charge in [0.2, 0.25) is 0 Å². The van der Waals surface area contributed by atoms with Gasteiger partial charge in [-0.3, -0.25) is 9.52 Å². The molecule has 0 heterocycles. The van der Waals surface area contributed by atoms with E-state index in [1.54, 1.807) is 43.3 Å². The minimum absolute atomic E-state index is 0.190. The number of hydrogen-bond donors (Lipinski definition) is 2. The second-order valence-corrected chi connectivity index (χ2v) is 7.44. The van der Waals surface area contributed by atoms with Gasteiger partial charge in [0.25, 0.3) is 15.9 Å². The van der Waals surface area contributed by atoms with Crippen LogP contribution < -0.4 is 10.0 Å². The van der Waals surface area contributed by atoms with Crippen molar-refractivity contribution in [1.82, 2.24) is 5.32 Å². The van der Waals surface area contributed by atoms with E-state index in [1.807, 2.05) is 6.92 Å². The van der Waals surface area contributed by atoms with Crippen molar-refractivity contribution in [3.05, 3.63) is 59.7 Å². The van der Waals surface area contributed by atoms with Crippen molar-refractivity contribution in [2.45, 2.75) is 25.2 Å². The number of amides is 1. The SMILES string of the molecule is CCOCCCNC(=O)c1ccc(NS(=O)(=O)c2ccccc2)c(C)c1. The highest BCUT2D eigenvalue weighted by Crippen LogP contribution is 2.21. The number of ether oxygens (including phenoxy) is 1. The Morgan fingerprint density at radius 1 is 1.12 bits per heavy atom. The van der Waals surface area contributed by atoms with E-state index in [0.717, 1.165) is 6.42 Å². The summed E-state index contributed by atoms with van der Waals surface area (Å²) in [5.74, 6) is -0.193. The van der Waals surface area contributed by atoms with Gasteiger partial charge in [-0.1, -0.05) is 18.2 Å². The molecule has 0 aliphatic rings.